The number of aliphatic hydroxyl groups is 1. The molecule has 0 bridgehead atoms. The third-order valence-electron chi connectivity index (χ3n) is 5.92. The molecule has 1 amide bonds. The van der Waals surface area contributed by atoms with Gasteiger partial charge in [-0.25, -0.2) is 13.2 Å². The third-order valence-corrected chi connectivity index (χ3v) is 5.92. The summed E-state index contributed by atoms with van der Waals surface area (Å²) in [4.78, 5) is 17.3. The van der Waals surface area contributed by atoms with Gasteiger partial charge < -0.3 is 15.0 Å². The molecule has 0 radical (unpaired) electrons. The fourth-order valence-electron chi connectivity index (χ4n) is 4.29. The molecule has 0 unspecified atom stereocenters. The van der Waals surface area contributed by atoms with Crippen LogP contribution in [-0.2, 0) is 4.79 Å². The summed E-state index contributed by atoms with van der Waals surface area (Å²) in [5.74, 6) is -1.92. The van der Waals surface area contributed by atoms with Crippen molar-refractivity contribution in [1.82, 2.24) is 9.88 Å². The first-order valence-electron chi connectivity index (χ1n) is 10.0. The van der Waals surface area contributed by atoms with Gasteiger partial charge in [0.05, 0.1) is 11.2 Å². The SMILES string of the molecule is CN(CCCO)C(=O)[C@H]1C[C@H](c2c(-c3ccc(F)cc3)[nH]c3c(F)cc(F)cc32)C1. The molecule has 0 spiro atoms. The molecular formula is C23H23F3N2O2. The van der Waals surface area contributed by atoms with Gasteiger partial charge in [-0.3, -0.25) is 4.79 Å². The van der Waals surface area contributed by atoms with E-state index in [0.29, 0.717) is 42.5 Å². The number of fused-ring (bicyclic) bond motifs is 1. The molecule has 0 atom stereocenters. The van der Waals surface area contributed by atoms with E-state index in [4.69, 9.17) is 5.11 Å². The quantitative estimate of drug-likeness (QED) is 0.618. The summed E-state index contributed by atoms with van der Waals surface area (Å²) in [5.41, 5.74) is 2.27. The lowest BCUT2D eigenvalue weighted by molar-refractivity contribution is -0.137. The van der Waals surface area contributed by atoms with Crippen LogP contribution in [0.1, 0.15) is 30.7 Å². The van der Waals surface area contributed by atoms with E-state index >= 15 is 0 Å². The molecule has 4 nitrogen and oxygen atoms in total. The minimum atomic E-state index is -0.685. The monoisotopic (exact) mass is 416 g/mol. The number of rotatable bonds is 6. The molecule has 1 aliphatic rings. The minimum Gasteiger partial charge on any atom is -0.396 e. The molecule has 3 aromatic rings. The largest absolute Gasteiger partial charge is 0.396 e. The number of aromatic amines is 1. The summed E-state index contributed by atoms with van der Waals surface area (Å²) in [7, 11) is 1.71. The summed E-state index contributed by atoms with van der Waals surface area (Å²) in [6, 6.07) is 7.99. The van der Waals surface area contributed by atoms with Gasteiger partial charge in [-0.2, -0.15) is 0 Å². The number of hydrogen-bond donors (Lipinski definition) is 2. The van der Waals surface area contributed by atoms with Gasteiger partial charge in [0, 0.05) is 37.6 Å². The van der Waals surface area contributed by atoms with Gasteiger partial charge in [-0.1, -0.05) is 0 Å². The lowest BCUT2D eigenvalue weighted by Gasteiger charge is -2.37. The normalized spacial score (nSPS) is 18.4. The Balaban J connectivity index is 1.67. The van der Waals surface area contributed by atoms with Crippen molar-refractivity contribution >= 4 is 16.8 Å². The number of amides is 1. The van der Waals surface area contributed by atoms with E-state index in [1.54, 1.807) is 24.1 Å². The molecule has 1 heterocycles. The Morgan fingerprint density at radius 2 is 1.83 bits per heavy atom. The van der Waals surface area contributed by atoms with Crippen molar-refractivity contribution in [3.63, 3.8) is 0 Å². The van der Waals surface area contributed by atoms with Gasteiger partial charge in [-0.15, -0.1) is 0 Å². The number of carbonyl (C=O) groups is 1. The maximum absolute atomic E-state index is 14.4. The molecule has 1 aliphatic carbocycles. The summed E-state index contributed by atoms with van der Waals surface area (Å²) in [5, 5.41) is 9.40. The zero-order chi connectivity index (χ0) is 21.4. The summed E-state index contributed by atoms with van der Waals surface area (Å²) in [6.45, 7) is 0.513. The van der Waals surface area contributed by atoms with E-state index in [1.807, 2.05) is 0 Å². The fourth-order valence-corrected chi connectivity index (χ4v) is 4.29. The molecule has 158 valence electrons. The average molecular weight is 416 g/mol. The number of benzene rings is 2. The Hall–Kier alpha value is -2.80. The number of carbonyl (C=O) groups excluding carboxylic acids is 1. The van der Waals surface area contributed by atoms with E-state index in [1.165, 1.54) is 18.2 Å². The molecule has 1 saturated carbocycles. The lowest BCUT2D eigenvalue weighted by atomic mass is 9.69. The topological polar surface area (TPSA) is 56.3 Å². The molecule has 7 heteroatoms. The second kappa shape index (κ2) is 8.14. The summed E-state index contributed by atoms with van der Waals surface area (Å²) < 4.78 is 41.8. The Morgan fingerprint density at radius 3 is 2.50 bits per heavy atom. The van der Waals surface area contributed by atoms with E-state index in [0.717, 1.165) is 11.6 Å². The van der Waals surface area contributed by atoms with E-state index in [-0.39, 0.29) is 35.7 Å². The first kappa shape index (κ1) is 20.5. The number of H-pyrrole nitrogens is 1. The molecule has 0 aliphatic heterocycles. The smallest absolute Gasteiger partial charge is 0.225 e. The first-order valence-corrected chi connectivity index (χ1v) is 10.0. The fraction of sp³-hybridized carbons (Fsp3) is 0.348. The van der Waals surface area contributed by atoms with Crippen LogP contribution < -0.4 is 0 Å². The number of halogens is 3. The zero-order valence-corrected chi connectivity index (χ0v) is 16.6. The van der Waals surface area contributed by atoms with Crippen LogP contribution in [0.5, 0.6) is 0 Å². The molecule has 4 rings (SSSR count). The lowest BCUT2D eigenvalue weighted by Crippen LogP contribution is -2.39. The van der Waals surface area contributed by atoms with Crippen molar-refractivity contribution in [3.05, 3.63) is 59.4 Å². The molecule has 0 saturated heterocycles. The molecule has 30 heavy (non-hydrogen) atoms. The number of aliphatic hydroxyl groups excluding tert-OH is 1. The number of nitrogens with one attached hydrogen (secondary N) is 1. The molecule has 1 aromatic heterocycles. The number of aromatic nitrogens is 1. The first-order chi connectivity index (χ1) is 14.4. The van der Waals surface area contributed by atoms with Gasteiger partial charge in [0.1, 0.15) is 17.5 Å². The standard InChI is InChI=1S/C23H23F3N2O2/c1-28(7-2-8-29)23(30)15-9-14(10-15)20-18-11-17(25)12-19(26)22(18)27-21(20)13-3-5-16(24)6-4-13/h3-6,11-12,14-15,27,29H,2,7-10H2,1H3/t14-,15-. The second-order valence-electron chi connectivity index (χ2n) is 7.93. The maximum atomic E-state index is 14.4. The van der Waals surface area contributed by atoms with Crippen LogP contribution in [0.15, 0.2) is 36.4 Å². The van der Waals surface area contributed by atoms with Crippen molar-refractivity contribution in [2.45, 2.75) is 25.2 Å². The highest BCUT2D eigenvalue weighted by Gasteiger charge is 2.39. The van der Waals surface area contributed by atoms with Gasteiger partial charge in [0.2, 0.25) is 5.91 Å². The third kappa shape index (κ3) is 3.69. The Kier molecular flexibility index (Phi) is 5.56. The Labute approximate surface area is 172 Å². The van der Waals surface area contributed by atoms with Gasteiger partial charge >= 0.3 is 0 Å². The van der Waals surface area contributed by atoms with Crippen LogP contribution >= 0.6 is 0 Å². The predicted molar refractivity (Wildman–Crippen MR) is 108 cm³/mol. The highest BCUT2D eigenvalue weighted by atomic mass is 19.1. The van der Waals surface area contributed by atoms with E-state index < -0.39 is 11.6 Å². The maximum Gasteiger partial charge on any atom is 0.225 e. The Bertz CT molecular complexity index is 1070. The van der Waals surface area contributed by atoms with Crippen molar-refractivity contribution in [2.75, 3.05) is 20.2 Å². The highest BCUT2D eigenvalue weighted by Crippen LogP contribution is 2.48. The second-order valence-corrected chi connectivity index (χ2v) is 7.93. The van der Waals surface area contributed by atoms with Gasteiger partial charge in [0.25, 0.3) is 0 Å². The predicted octanol–water partition coefficient (Wildman–Crippen LogP) is 4.59. The number of nitrogens with zero attached hydrogens (tertiary/aromatic N) is 1. The Morgan fingerprint density at radius 1 is 1.13 bits per heavy atom. The molecule has 1 fully saturated rings. The molecule has 2 aromatic carbocycles. The van der Waals surface area contributed by atoms with E-state index in [9.17, 15) is 18.0 Å². The van der Waals surface area contributed by atoms with Crippen LogP contribution in [0.2, 0.25) is 0 Å². The van der Waals surface area contributed by atoms with Gasteiger partial charge in [0.15, 0.2) is 0 Å². The molecular weight excluding hydrogens is 393 g/mol. The van der Waals surface area contributed by atoms with Crippen LogP contribution in [0.25, 0.3) is 22.2 Å². The summed E-state index contributed by atoms with van der Waals surface area (Å²) >= 11 is 0. The highest BCUT2D eigenvalue weighted by molar-refractivity contribution is 5.92. The van der Waals surface area contributed by atoms with Crippen LogP contribution in [0, 0.1) is 23.4 Å². The van der Waals surface area contributed by atoms with Crippen molar-refractivity contribution in [2.24, 2.45) is 5.92 Å². The van der Waals surface area contributed by atoms with E-state index in [2.05, 4.69) is 4.98 Å². The van der Waals surface area contributed by atoms with Crippen LogP contribution in [-0.4, -0.2) is 41.1 Å². The van der Waals surface area contributed by atoms with Crippen molar-refractivity contribution in [3.8, 4) is 11.3 Å². The van der Waals surface area contributed by atoms with Crippen molar-refractivity contribution in [1.29, 1.82) is 0 Å². The molecule has 2 N–H and O–H groups in total. The summed E-state index contributed by atoms with van der Waals surface area (Å²) in [6.07, 6.45) is 1.66. The minimum absolute atomic E-state index is 0.0141. The average Bonchev–Trinajstić information content (AvgIpc) is 3.05. The van der Waals surface area contributed by atoms with Crippen molar-refractivity contribution < 1.29 is 23.1 Å². The number of hydrogen-bond acceptors (Lipinski definition) is 2. The van der Waals surface area contributed by atoms with Crippen LogP contribution in [0.3, 0.4) is 0 Å². The van der Waals surface area contributed by atoms with Crippen LogP contribution in [0.4, 0.5) is 13.2 Å². The zero-order valence-electron chi connectivity index (χ0n) is 16.6. The van der Waals surface area contributed by atoms with Gasteiger partial charge in [-0.05, 0) is 66.6 Å².